The zero-order valence-electron chi connectivity index (χ0n) is 18.8. The number of hydrogen-bond donors (Lipinski definition) is 1. The van der Waals surface area contributed by atoms with E-state index >= 15 is 0 Å². The van der Waals surface area contributed by atoms with Gasteiger partial charge < -0.3 is 18.9 Å². The molecule has 7 nitrogen and oxygen atoms in total. The van der Waals surface area contributed by atoms with Crippen LogP contribution in [0, 0.1) is 0 Å². The second-order valence-corrected chi connectivity index (χ2v) is 8.59. The molecular weight excluding hydrogens is 442 g/mol. The predicted molar refractivity (Wildman–Crippen MR) is 128 cm³/mol. The molecule has 1 N–H and O–H groups in total. The van der Waals surface area contributed by atoms with E-state index in [-0.39, 0.29) is 12.5 Å². The van der Waals surface area contributed by atoms with Crippen LogP contribution in [-0.2, 0) is 17.8 Å². The van der Waals surface area contributed by atoms with E-state index in [1.54, 1.807) is 12.1 Å². The van der Waals surface area contributed by atoms with Crippen LogP contribution in [-0.4, -0.2) is 31.9 Å². The molecule has 8 heteroatoms. The van der Waals surface area contributed by atoms with Gasteiger partial charge in [0.15, 0.2) is 0 Å². The van der Waals surface area contributed by atoms with Gasteiger partial charge in [-0.1, -0.05) is 35.8 Å². The molecule has 0 saturated carbocycles. The van der Waals surface area contributed by atoms with Gasteiger partial charge in [0.25, 0.3) is 5.89 Å². The van der Waals surface area contributed by atoms with Gasteiger partial charge in [-0.2, -0.15) is 4.98 Å². The molecule has 4 rings (SSSR count). The highest BCUT2D eigenvalue weighted by Gasteiger charge is 2.19. The van der Waals surface area contributed by atoms with E-state index in [2.05, 4.69) is 21.6 Å². The van der Waals surface area contributed by atoms with E-state index in [9.17, 15) is 4.79 Å². The van der Waals surface area contributed by atoms with Crippen LogP contribution in [0.25, 0.3) is 33.7 Å². The van der Waals surface area contributed by atoms with Crippen LogP contribution in [0.15, 0.2) is 47.1 Å². The molecule has 0 aliphatic carbocycles. The molecular formula is C25H26ClN3O4. The Morgan fingerprint density at radius 1 is 1.27 bits per heavy atom. The molecule has 0 aliphatic heterocycles. The average Bonchev–Trinajstić information content (AvgIpc) is 3.39. The quantitative estimate of drug-likeness (QED) is 0.314. The molecule has 0 bridgehead atoms. The van der Waals surface area contributed by atoms with E-state index in [1.807, 2.05) is 44.3 Å². The Kier molecular flexibility index (Phi) is 6.70. The minimum Gasteiger partial charge on any atom is -0.489 e. The highest BCUT2D eigenvalue weighted by molar-refractivity contribution is 6.32. The third-order valence-electron chi connectivity index (χ3n) is 5.26. The second kappa shape index (κ2) is 9.67. The van der Waals surface area contributed by atoms with Gasteiger partial charge in [-0.15, -0.1) is 0 Å². The van der Waals surface area contributed by atoms with Crippen LogP contribution in [0.4, 0.5) is 0 Å². The molecule has 172 valence electrons. The van der Waals surface area contributed by atoms with Gasteiger partial charge in [-0.3, -0.25) is 4.79 Å². The van der Waals surface area contributed by atoms with Gasteiger partial charge in [0.05, 0.1) is 16.6 Å². The number of aliphatic carboxylic acids is 1. The zero-order chi connectivity index (χ0) is 23.5. The van der Waals surface area contributed by atoms with Crippen LogP contribution >= 0.6 is 11.6 Å². The summed E-state index contributed by atoms with van der Waals surface area (Å²) in [4.78, 5) is 15.7. The molecule has 4 aromatic rings. The molecule has 0 aliphatic rings. The summed E-state index contributed by atoms with van der Waals surface area (Å²) in [5, 5.41) is 14.8. The fourth-order valence-corrected chi connectivity index (χ4v) is 4.13. The molecule has 2 aromatic carbocycles. The van der Waals surface area contributed by atoms with Crippen LogP contribution in [0.1, 0.15) is 39.2 Å². The van der Waals surface area contributed by atoms with Crippen LogP contribution in [0.3, 0.4) is 0 Å². The Morgan fingerprint density at radius 2 is 2.09 bits per heavy atom. The van der Waals surface area contributed by atoms with Gasteiger partial charge in [0, 0.05) is 35.7 Å². The second-order valence-electron chi connectivity index (χ2n) is 8.18. The number of hydrogen-bond acceptors (Lipinski definition) is 5. The van der Waals surface area contributed by atoms with Crippen molar-refractivity contribution >= 4 is 28.5 Å². The van der Waals surface area contributed by atoms with Crippen molar-refractivity contribution in [2.75, 3.05) is 0 Å². The van der Waals surface area contributed by atoms with Crippen molar-refractivity contribution in [3.63, 3.8) is 0 Å². The van der Waals surface area contributed by atoms with E-state index < -0.39 is 5.97 Å². The number of rotatable bonds is 9. The number of para-hydroxylation sites is 1. The molecule has 0 unspecified atom stereocenters. The smallest absolute Gasteiger partial charge is 0.303 e. The lowest BCUT2D eigenvalue weighted by molar-refractivity contribution is -0.136. The first-order valence-electron chi connectivity index (χ1n) is 11.0. The highest BCUT2D eigenvalue weighted by atomic mass is 35.5. The largest absolute Gasteiger partial charge is 0.489 e. The number of carboxylic acids is 1. The van der Waals surface area contributed by atoms with E-state index in [0.29, 0.717) is 34.5 Å². The normalized spacial score (nSPS) is 11.4. The monoisotopic (exact) mass is 467 g/mol. The first-order valence-corrected chi connectivity index (χ1v) is 11.4. The van der Waals surface area contributed by atoms with Gasteiger partial charge in [0.2, 0.25) is 5.82 Å². The van der Waals surface area contributed by atoms with Crippen molar-refractivity contribution in [3.05, 3.63) is 53.2 Å². The van der Waals surface area contributed by atoms with Gasteiger partial charge in [-0.25, -0.2) is 0 Å². The lowest BCUT2D eigenvalue weighted by Gasteiger charge is -2.11. The maximum absolute atomic E-state index is 11.1. The molecule has 0 amide bonds. The minimum atomic E-state index is -0.811. The highest BCUT2D eigenvalue weighted by Crippen LogP contribution is 2.34. The summed E-state index contributed by atoms with van der Waals surface area (Å²) in [6.07, 6.45) is 3.54. The predicted octanol–water partition coefficient (Wildman–Crippen LogP) is 6.23. The van der Waals surface area contributed by atoms with Gasteiger partial charge in [-0.05, 0) is 56.5 Å². The fourth-order valence-electron chi connectivity index (χ4n) is 3.91. The molecule has 0 radical (unpaired) electrons. The fraction of sp³-hybridized carbons (Fsp3) is 0.320. The van der Waals surface area contributed by atoms with Crippen LogP contribution in [0.2, 0.25) is 5.02 Å². The molecule has 0 fully saturated rings. The number of fused-ring (bicyclic) bond motifs is 1. The van der Waals surface area contributed by atoms with E-state index in [1.165, 1.54) is 0 Å². The van der Waals surface area contributed by atoms with E-state index in [4.69, 9.17) is 26.0 Å². The number of aromatic nitrogens is 3. The van der Waals surface area contributed by atoms with Crippen molar-refractivity contribution in [2.24, 2.45) is 0 Å². The lowest BCUT2D eigenvalue weighted by atomic mass is 10.1. The topological polar surface area (TPSA) is 90.4 Å². The molecule has 0 atom stereocenters. The summed E-state index contributed by atoms with van der Waals surface area (Å²) >= 11 is 6.38. The molecule has 2 aromatic heterocycles. The van der Waals surface area contributed by atoms with Gasteiger partial charge in [0.1, 0.15) is 5.75 Å². The number of ether oxygens (including phenoxy) is 1. The Morgan fingerprint density at radius 3 is 2.79 bits per heavy atom. The van der Waals surface area contributed by atoms with Gasteiger partial charge >= 0.3 is 5.97 Å². The Bertz CT molecular complexity index is 1290. The summed E-state index contributed by atoms with van der Waals surface area (Å²) in [7, 11) is 0. The summed E-state index contributed by atoms with van der Waals surface area (Å²) < 4.78 is 13.4. The summed E-state index contributed by atoms with van der Waals surface area (Å²) in [5.74, 6) is 0.620. The standard InChI is InChI=1S/C25H26ClN3O4/c1-4-12-29-14-17(9-11-22(30)31)18-6-5-7-19(23(18)29)24-27-25(33-28-24)16-8-10-21(20(26)13-16)32-15(2)3/h5-8,10,13-15H,4,9,11-12H2,1-3H3,(H,30,31). The molecule has 0 spiro atoms. The molecule has 33 heavy (non-hydrogen) atoms. The van der Waals surface area contributed by atoms with Crippen molar-refractivity contribution in [2.45, 2.75) is 52.7 Å². The van der Waals surface area contributed by atoms with Crippen molar-refractivity contribution in [3.8, 4) is 28.6 Å². The summed E-state index contributed by atoms with van der Waals surface area (Å²) in [6.45, 7) is 6.79. The third kappa shape index (κ3) is 4.88. The lowest BCUT2D eigenvalue weighted by Crippen LogP contribution is -2.05. The first kappa shape index (κ1) is 22.9. The third-order valence-corrected chi connectivity index (χ3v) is 5.56. The number of carboxylic acid groups (broad SMARTS) is 1. The number of benzene rings is 2. The molecule has 0 saturated heterocycles. The minimum absolute atomic E-state index is 0.0172. The van der Waals surface area contributed by atoms with E-state index in [0.717, 1.165) is 35.0 Å². The Labute approximate surface area is 196 Å². The van der Waals surface area contributed by atoms with Crippen LogP contribution < -0.4 is 4.74 Å². The van der Waals surface area contributed by atoms with Crippen LogP contribution in [0.5, 0.6) is 5.75 Å². The number of carbonyl (C=O) groups is 1. The number of halogens is 1. The number of nitrogens with zero attached hydrogens (tertiary/aromatic N) is 3. The SMILES string of the molecule is CCCn1cc(CCC(=O)O)c2cccc(-c3noc(-c4ccc(OC(C)C)c(Cl)c4)n3)c21. The van der Waals surface area contributed by atoms with Crippen molar-refractivity contribution in [1.82, 2.24) is 14.7 Å². The Balaban J connectivity index is 1.73. The zero-order valence-corrected chi connectivity index (χ0v) is 19.6. The Hall–Kier alpha value is -3.32. The maximum atomic E-state index is 11.1. The average molecular weight is 468 g/mol. The summed E-state index contributed by atoms with van der Waals surface area (Å²) in [5.41, 5.74) is 3.52. The number of aryl methyl sites for hydroxylation is 2. The maximum Gasteiger partial charge on any atom is 0.303 e. The van der Waals surface area contributed by atoms with Crippen molar-refractivity contribution < 1.29 is 19.2 Å². The molecule has 2 heterocycles. The van der Waals surface area contributed by atoms with Crippen molar-refractivity contribution in [1.29, 1.82) is 0 Å². The summed E-state index contributed by atoms with van der Waals surface area (Å²) in [6, 6.07) is 11.3. The first-order chi connectivity index (χ1) is 15.9.